The van der Waals surface area contributed by atoms with E-state index in [-0.39, 0.29) is 0 Å². The second kappa shape index (κ2) is 3.45. The fourth-order valence-electron chi connectivity index (χ4n) is 1.16. The van der Waals surface area contributed by atoms with Crippen molar-refractivity contribution < 1.29 is 4.74 Å². The van der Waals surface area contributed by atoms with Crippen LogP contribution in [0.4, 0.5) is 0 Å². The number of ether oxygens (including phenoxy) is 1. The molecule has 0 spiro atoms. The third-order valence-electron chi connectivity index (χ3n) is 1.75. The van der Waals surface area contributed by atoms with Crippen LogP contribution in [0, 0.1) is 6.92 Å². The average Bonchev–Trinajstić information content (AvgIpc) is 2.61. The first-order valence-corrected chi connectivity index (χ1v) is 4.19. The van der Waals surface area contributed by atoms with Crippen LogP contribution in [-0.2, 0) is 0 Å². The molecule has 2 rings (SSSR count). The highest BCUT2D eigenvalue weighted by molar-refractivity contribution is 5.23. The molecule has 0 amide bonds. The number of aromatic nitrogens is 4. The largest absolute Gasteiger partial charge is 0.481 e. The summed E-state index contributed by atoms with van der Waals surface area (Å²) < 4.78 is 6.71. The monoisotopic (exact) mass is 190 g/mol. The molecule has 0 atom stereocenters. The Kier molecular flexibility index (Phi) is 2.14. The number of hydrogen-bond acceptors (Lipinski definition) is 4. The van der Waals surface area contributed by atoms with E-state index in [4.69, 9.17) is 4.74 Å². The van der Waals surface area contributed by atoms with Crippen molar-refractivity contribution in [1.82, 2.24) is 19.7 Å². The lowest BCUT2D eigenvalue weighted by molar-refractivity contribution is 0.381. The molecular formula is C9H10N4O. The van der Waals surface area contributed by atoms with Crippen LogP contribution in [0.3, 0.4) is 0 Å². The molecule has 0 fully saturated rings. The molecular weight excluding hydrogens is 180 g/mol. The van der Waals surface area contributed by atoms with Crippen LogP contribution in [-0.4, -0.2) is 26.9 Å². The van der Waals surface area contributed by atoms with Crippen molar-refractivity contribution >= 4 is 0 Å². The summed E-state index contributed by atoms with van der Waals surface area (Å²) >= 11 is 0. The van der Waals surface area contributed by atoms with Crippen molar-refractivity contribution in [3.05, 3.63) is 30.2 Å². The van der Waals surface area contributed by atoms with E-state index in [1.807, 2.05) is 13.0 Å². The Morgan fingerprint density at radius 1 is 1.29 bits per heavy atom. The normalized spacial score (nSPS) is 10.1. The fourth-order valence-corrected chi connectivity index (χ4v) is 1.16. The molecule has 5 heteroatoms. The summed E-state index contributed by atoms with van der Waals surface area (Å²) in [5.41, 5.74) is 0.870. The van der Waals surface area contributed by atoms with Gasteiger partial charge in [-0.1, -0.05) is 0 Å². The van der Waals surface area contributed by atoms with Gasteiger partial charge < -0.3 is 4.74 Å². The molecule has 0 bridgehead atoms. The third-order valence-corrected chi connectivity index (χ3v) is 1.75. The van der Waals surface area contributed by atoms with Crippen LogP contribution in [0.25, 0.3) is 5.95 Å². The zero-order valence-electron chi connectivity index (χ0n) is 8.01. The van der Waals surface area contributed by atoms with Crippen molar-refractivity contribution in [2.45, 2.75) is 6.92 Å². The van der Waals surface area contributed by atoms with Crippen LogP contribution in [0.5, 0.6) is 5.88 Å². The molecule has 2 heterocycles. The Bertz CT molecular complexity index is 424. The number of methoxy groups -OCH3 is 1. The van der Waals surface area contributed by atoms with Gasteiger partial charge in [0.1, 0.15) is 0 Å². The number of nitrogens with zero attached hydrogens (tertiary/aromatic N) is 4. The first kappa shape index (κ1) is 8.68. The molecule has 2 aromatic heterocycles. The molecule has 0 saturated heterocycles. The molecule has 0 saturated carbocycles. The standard InChI is InChI=1S/C9H10N4O/c1-7-6-8(14-2)13(12-7)9-10-4-3-5-11-9/h3-6H,1-2H3. The molecule has 0 N–H and O–H groups in total. The maximum atomic E-state index is 5.14. The number of aryl methyl sites for hydroxylation is 1. The van der Waals surface area contributed by atoms with E-state index in [2.05, 4.69) is 15.1 Å². The second-order valence-corrected chi connectivity index (χ2v) is 2.79. The fraction of sp³-hybridized carbons (Fsp3) is 0.222. The van der Waals surface area contributed by atoms with Crippen LogP contribution in [0.2, 0.25) is 0 Å². The molecule has 5 nitrogen and oxygen atoms in total. The second-order valence-electron chi connectivity index (χ2n) is 2.79. The molecule has 0 aliphatic heterocycles. The number of hydrogen-bond donors (Lipinski definition) is 0. The van der Waals surface area contributed by atoms with E-state index in [9.17, 15) is 0 Å². The zero-order chi connectivity index (χ0) is 9.97. The minimum atomic E-state index is 0.512. The van der Waals surface area contributed by atoms with Gasteiger partial charge in [-0.15, -0.1) is 0 Å². The van der Waals surface area contributed by atoms with Crippen molar-refractivity contribution in [3.63, 3.8) is 0 Å². The van der Waals surface area contributed by atoms with Crippen molar-refractivity contribution in [2.75, 3.05) is 7.11 Å². The van der Waals surface area contributed by atoms with Gasteiger partial charge in [-0.25, -0.2) is 9.97 Å². The van der Waals surface area contributed by atoms with Gasteiger partial charge in [0.05, 0.1) is 12.8 Å². The van der Waals surface area contributed by atoms with Gasteiger partial charge in [-0.2, -0.15) is 9.78 Å². The van der Waals surface area contributed by atoms with Gasteiger partial charge in [0.15, 0.2) is 0 Å². The highest BCUT2D eigenvalue weighted by Crippen LogP contribution is 2.15. The first-order chi connectivity index (χ1) is 6.81. The first-order valence-electron chi connectivity index (χ1n) is 4.19. The third kappa shape index (κ3) is 1.44. The van der Waals surface area contributed by atoms with Crippen molar-refractivity contribution in [3.8, 4) is 11.8 Å². The van der Waals surface area contributed by atoms with Crippen LogP contribution in [0.15, 0.2) is 24.5 Å². The van der Waals surface area contributed by atoms with Gasteiger partial charge in [0.2, 0.25) is 5.88 Å². The lowest BCUT2D eigenvalue weighted by Gasteiger charge is -2.02. The Balaban J connectivity index is 2.51. The van der Waals surface area contributed by atoms with Gasteiger partial charge in [-0.05, 0) is 13.0 Å². The van der Waals surface area contributed by atoms with E-state index < -0.39 is 0 Å². The summed E-state index contributed by atoms with van der Waals surface area (Å²) in [6.45, 7) is 1.89. The number of rotatable bonds is 2. The summed E-state index contributed by atoms with van der Waals surface area (Å²) in [6, 6.07) is 3.59. The summed E-state index contributed by atoms with van der Waals surface area (Å²) in [7, 11) is 1.59. The molecule has 0 aliphatic rings. The molecule has 0 radical (unpaired) electrons. The summed E-state index contributed by atoms with van der Waals surface area (Å²) in [4.78, 5) is 8.16. The van der Waals surface area contributed by atoms with Gasteiger partial charge in [-0.3, -0.25) is 0 Å². The molecule has 72 valence electrons. The van der Waals surface area contributed by atoms with Crippen LogP contribution < -0.4 is 4.74 Å². The quantitative estimate of drug-likeness (QED) is 0.708. The van der Waals surface area contributed by atoms with E-state index in [0.717, 1.165) is 5.69 Å². The smallest absolute Gasteiger partial charge is 0.253 e. The maximum absolute atomic E-state index is 5.14. The topological polar surface area (TPSA) is 52.8 Å². The average molecular weight is 190 g/mol. The van der Waals surface area contributed by atoms with Gasteiger partial charge >= 0.3 is 0 Å². The molecule has 14 heavy (non-hydrogen) atoms. The zero-order valence-corrected chi connectivity index (χ0v) is 8.01. The molecule has 0 aliphatic carbocycles. The summed E-state index contributed by atoms with van der Waals surface area (Å²) in [5, 5.41) is 4.22. The Hall–Kier alpha value is -1.91. The molecule has 0 aromatic carbocycles. The van der Waals surface area contributed by atoms with Crippen LogP contribution in [0.1, 0.15) is 5.69 Å². The van der Waals surface area contributed by atoms with Crippen LogP contribution >= 0.6 is 0 Å². The van der Waals surface area contributed by atoms with E-state index in [0.29, 0.717) is 11.8 Å². The lowest BCUT2D eigenvalue weighted by Crippen LogP contribution is -2.04. The minimum Gasteiger partial charge on any atom is -0.481 e. The highest BCUT2D eigenvalue weighted by atomic mass is 16.5. The maximum Gasteiger partial charge on any atom is 0.253 e. The summed E-state index contributed by atoms with van der Waals surface area (Å²) in [6.07, 6.45) is 3.33. The molecule has 2 aromatic rings. The van der Waals surface area contributed by atoms with E-state index in [1.165, 1.54) is 0 Å². The predicted molar refractivity (Wildman–Crippen MR) is 50.4 cm³/mol. The Morgan fingerprint density at radius 2 is 2.00 bits per heavy atom. The Labute approximate surface area is 81.4 Å². The van der Waals surface area contributed by atoms with Gasteiger partial charge in [0, 0.05) is 18.5 Å². The SMILES string of the molecule is COc1cc(C)nn1-c1ncccn1. The van der Waals surface area contributed by atoms with E-state index in [1.54, 1.807) is 30.3 Å². The van der Waals surface area contributed by atoms with Crippen molar-refractivity contribution in [1.29, 1.82) is 0 Å². The lowest BCUT2D eigenvalue weighted by atomic mass is 10.5. The minimum absolute atomic E-state index is 0.512. The van der Waals surface area contributed by atoms with E-state index >= 15 is 0 Å². The Morgan fingerprint density at radius 3 is 2.64 bits per heavy atom. The molecule has 0 unspecified atom stereocenters. The van der Waals surface area contributed by atoms with Gasteiger partial charge in [0.25, 0.3) is 5.95 Å². The predicted octanol–water partition coefficient (Wildman–Crippen LogP) is 0.979. The summed E-state index contributed by atoms with van der Waals surface area (Å²) in [5.74, 6) is 1.14. The highest BCUT2D eigenvalue weighted by Gasteiger charge is 2.08. The van der Waals surface area contributed by atoms with Crippen molar-refractivity contribution in [2.24, 2.45) is 0 Å².